The second kappa shape index (κ2) is 13.8. The van der Waals surface area contributed by atoms with Crippen LogP contribution in [0.25, 0.3) is 10.6 Å². The quantitative estimate of drug-likeness (QED) is 0.174. The maximum Gasteiger partial charge on any atom is 0.433 e. The number of alkyl halides is 3. The molecule has 10 nitrogen and oxygen atoms in total. The number of nitrogens with one attached hydrogen (secondary N) is 2. The van der Waals surface area contributed by atoms with Crippen LogP contribution in [-0.4, -0.2) is 58.9 Å². The van der Waals surface area contributed by atoms with E-state index in [2.05, 4.69) is 27.1 Å². The molecule has 2 aromatic carbocycles. The highest BCUT2D eigenvalue weighted by Gasteiger charge is 2.45. The highest BCUT2D eigenvalue weighted by atomic mass is 32.2. The van der Waals surface area contributed by atoms with Gasteiger partial charge in [0.25, 0.3) is 15.9 Å². The predicted molar refractivity (Wildman–Crippen MR) is 184 cm³/mol. The molecule has 2 aliphatic rings. The molecule has 2 aromatic heterocycles. The van der Waals surface area contributed by atoms with Gasteiger partial charge in [-0.25, -0.2) is 13.1 Å². The van der Waals surface area contributed by atoms with Crippen LogP contribution >= 0.6 is 11.3 Å². The Balaban J connectivity index is 1.24. The lowest BCUT2D eigenvalue weighted by atomic mass is 9.86. The number of carbonyl (C=O) groups is 1. The number of thiophene rings is 1. The molecule has 6 rings (SSSR count). The summed E-state index contributed by atoms with van der Waals surface area (Å²) in [5.41, 5.74) is -0.0902. The molecule has 0 saturated heterocycles. The summed E-state index contributed by atoms with van der Waals surface area (Å²) in [6.45, 7) is 3.90. The van der Waals surface area contributed by atoms with Crippen molar-refractivity contribution in [2.75, 3.05) is 12.4 Å². The number of hydrogen-bond acceptors (Lipinski definition) is 8. The SMILES string of the molecule is CN(Cc1ccccc1NC(=O)c1ccc2c(c1)[C@@H](NS(=O)(=O)c1ccc(-c3cc(C(F)(F)F)n(C)n3)s1)[C@H](O)C(C)(C)O2)C1CCCCC1. The number of halogens is 3. The molecular weight excluding hydrogens is 692 g/mol. The number of benzene rings is 2. The second-order valence-corrected chi connectivity index (χ2v) is 16.5. The molecule has 3 N–H and O–H groups in total. The van der Waals surface area contributed by atoms with Gasteiger partial charge in [0.2, 0.25) is 0 Å². The van der Waals surface area contributed by atoms with Crippen LogP contribution in [0.15, 0.2) is 64.9 Å². The fraction of sp³-hybridized carbons (Fsp3) is 0.429. The summed E-state index contributed by atoms with van der Waals surface area (Å²) in [6.07, 6.45) is -0.0161. The normalized spacial score (nSPS) is 19.6. The van der Waals surface area contributed by atoms with E-state index in [1.807, 2.05) is 24.3 Å². The third-order valence-corrected chi connectivity index (χ3v) is 12.5. The summed E-state index contributed by atoms with van der Waals surface area (Å²) in [4.78, 5) is 16.2. The number of aryl methyl sites for hydroxylation is 1. The Labute approximate surface area is 293 Å². The van der Waals surface area contributed by atoms with Crippen LogP contribution in [0.2, 0.25) is 0 Å². The highest BCUT2D eigenvalue weighted by molar-refractivity contribution is 7.91. The number of aliphatic hydroxyl groups excluding tert-OH is 1. The van der Waals surface area contributed by atoms with Crippen LogP contribution in [0.1, 0.15) is 79.2 Å². The molecule has 1 aliphatic heterocycles. The third-order valence-electron chi connectivity index (χ3n) is 9.44. The molecule has 0 spiro atoms. The third kappa shape index (κ3) is 7.47. The van der Waals surface area contributed by atoms with Gasteiger partial charge in [-0.1, -0.05) is 37.5 Å². The van der Waals surface area contributed by atoms with Crippen molar-refractivity contribution in [2.24, 2.45) is 7.05 Å². The van der Waals surface area contributed by atoms with Crippen LogP contribution in [-0.2, 0) is 29.8 Å². The molecule has 4 aromatic rings. The smallest absolute Gasteiger partial charge is 0.433 e. The van der Waals surface area contributed by atoms with Crippen LogP contribution in [0, 0.1) is 0 Å². The van der Waals surface area contributed by atoms with Gasteiger partial charge in [0.15, 0.2) is 0 Å². The Kier molecular flexibility index (Phi) is 9.91. The van der Waals surface area contributed by atoms with Gasteiger partial charge in [0, 0.05) is 36.4 Å². The Morgan fingerprint density at radius 3 is 2.52 bits per heavy atom. The van der Waals surface area contributed by atoms with E-state index in [1.54, 1.807) is 26.0 Å². The molecule has 1 fully saturated rings. The van der Waals surface area contributed by atoms with Gasteiger partial charge in [0.1, 0.15) is 33.1 Å². The summed E-state index contributed by atoms with van der Waals surface area (Å²) in [5, 5.41) is 18.3. The molecule has 15 heteroatoms. The van der Waals surface area contributed by atoms with Gasteiger partial charge < -0.3 is 15.2 Å². The zero-order valence-electron chi connectivity index (χ0n) is 28.1. The Hall–Kier alpha value is -3.76. The van der Waals surface area contributed by atoms with Crippen molar-refractivity contribution in [3.63, 3.8) is 0 Å². The first kappa shape index (κ1) is 36.0. The minimum Gasteiger partial charge on any atom is -0.485 e. The highest BCUT2D eigenvalue weighted by Crippen LogP contribution is 2.42. The summed E-state index contributed by atoms with van der Waals surface area (Å²) < 4.78 is 76.5. The molecule has 2 atom stereocenters. The Bertz CT molecular complexity index is 1990. The zero-order valence-corrected chi connectivity index (χ0v) is 29.8. The number of aliphatic hydroxyl groups is 1. The average Bonchev–Trinajstić information content (AvgIpc) is 3.72. The molecular formula is C35H40F3N5O5S2. The van der Waals surface area contributed by atoms with Crippen molar-refractivity contribution in [3.05, 3.63) is 83.0 Å². The van der Waals surface area contributed by atoms with Crippen molar-refractivity contribution < 1.29 is 36.2 Å². The van der Waals surface area contributed by atoms with Gasteiger partial charge in [-0.3, -0.25) is 14.4 Å². The number of aromatic nitrogens is 2. The number of anilines is 1. The number of amides is 1. The van der Waals surface area contributed by atoms with Crippen molar-refractivity contribution in [1.82, 2.24) is 19.4 Å². The van der Waals surface area contributed by atoms with Crippen molar-refractivity contribution in [3.8, 4) is 16.3 Å². The Morgan fingerprint density at radius 1 is 1.10 bits per heavy atom. The zero-order chi connectivity index (χ0) is 36.0. The summed E-state index contributed by atoms with van der Waals surface area (Å²) in [7, 11) is -1.06. The largest absolute Gasteiger partial charge is 0.485 e. The molecule has 50 heavy (non-hydrogen) atoms. The number of carbonyl (C=O) groups excluding carboxylic acids is 1. The van der Waals surface area contributed by atoms with E-state index < -0.39 is 45.5 Å². The fourth-order valence-corrected chi connectivity index (χ4v) is 9.14. The number of hydrogen-bond donors (Lipinski definition) is 3. The standard InChI is InChI=1S/C35H40F3N5O5S2/c1-34(2)32(44)31(41-50(46,47)30-17-16-28(49-30)26-19-29(35(36,37)38)43(4)40-26)24-18-21(14-15-27(24)48-34)33(45)39-25-13-9-8-10-22(25)20-42(3)23-11-6-5-7-12-23/h8-10,13-19,23,31-32,41,44H,5-7,11-12,20H2,1-4H3,(H,39,45)/t31-,32+/m1/s1. The van der Waals surface area contributed by atoms with E-state index in [4.69, 9.17) is 4.74 Å². The van der Waals surface area contributed by atoms with E-state index in [9.17, 15) is 31.5 Å². The van der Waals surface area contributed by atoms with Gasteiger partial charge in [-0.15, -0.1) is 11.3 Å². The first-order valence-corrected chi connectivity index (χ1v) is 18.7. The number of rotatable bonds is 9. The molecule has 268 valence electrons. The molecule has 0 radical (unpaired) electrons. The molecule has 1 aliphatic carbocycles. The lowest BCUT2D eigenvalue weighted by Gasteiger charge is -2.42. The van der Waals surface area contributed by atoms with Crippen molar-refractivity contribution in [1.29, 1.82) is 0 Å². The summed E-state index contributed by atoms with van der Waals surface area (Å²) in [6, 6.07) is 15.0. The van der Waals surface area contributed by atoms with Gasteiger partial charge in [-0.05, 0) is 81.8 Å². The predicted octanol–water partition coefficient (Wildman–Crippen LogP) is 6.74. The van der Waals surface area contributed by atoms with Crippen LogP contribution in [0.5, 0.6) is 5.75 Å². The van der Waals surface area contributed by atoms with E-state index in [0.717, 1.165) is 42.9 Å². The number of ether oxygens (including phenoxy) is 1. The van der Waals surface area contributed by atoms with E-state index in [-0.39, 0.29) is 25.9 Å². The van der Waals surface area contributed by atoms with Gasteiger partial charge in [0.05, 0.1) is 10.9 Å². The Morgan fingerprint density at radius 2 is 1.82 bits per heavy atom. The molecule has 0 bridgehead atoms. The van der Waals surface area contributed by atoms with Crippen LogP contribution < -0.4 is 14.8 Å². The lowest BCUT2D eigenvalue weighted by molar-refractivity contribution is -0.143. The average molecular weight is 732 g/mol. The van der Waals surface area contributed by atoms with Gasteiger partial charge in [-0.2, -0.15) is 18.3 Å². The lowest BCUT2D eigenvalue weighted by Crippen LogP contribution is -2.53. The van der Waals surface area contributed by atoms with Crippen LogP contribution in [0.3, 0.4) is 0 Å². The second-order valence-electron chi connectivity index (χ2n) is 13.5. The fourth-order valence-electron chi connectivity index (χ4n) is 6.64. The number of nitrogens with zero attached hydrogens (tertiary/aromatic N) is 3. The topological polar surface area (TPSA) is 126 Å². The summed E-state index contributed by atoms with van der Waals surface area (Å²) in [5.74, 6) is -0.128. The van der Waals surface area contributed by atoms with Crippen molar-refractivity contribution >= 4 is 33.0 Å². The first-order chi connectivity index (χ1) is 23.5. The van der Waals surface area contributed by atoms with Crippen molar-refractivity contribution in [2.45, 2.75) is 86.7 Å². The maximum atomic E-state index is 13.7. The number of fused-ring (bicyclic) bond motifs is 1. The van der Waals surface area contributed by atoms with Crippen LogP contribution in [0.4, 0.5) is 18.9 Å². The molecule has 3 heterocycles. The van der Waals surface area contributed by atoms with E-state index in [0.29, 0.717) is 28.7 Å². The number of sulfonamides is 1. The minimum absolute atomic E-state index is 0.0262. The molecule has 1 amide bonds. The minimum atomic E-state index is -4.63. The summed E-state index contributed by atoms with van der Waals surface area (Å²) >= 11 is 0.746. The molecule has 0 unspecified atom stereocenters. The van der Waals surface area contributed by atoms with E-state index in [1.165, 1.54) is 37.5 Å². The monoisotopic (exact) mass is 731 g/mol. The van der Waals surface area contributed by atoms with E-state index >= 15 is 0 Å². The number of para-hydroxylation sites is 1. The molecule has 1 saturated carbocycles. The maximum absolute atomic E-state index is 13.7. The van der Waals surface area contributed by atoms with Gasteiger partial charge >= 0.3 is 6.18 Å². The first-order valence-electron chi connectivity index (χ1n) is 16.4.